The van der Waals surface area contributed by atoms with Gasteiger partial charge in [-0.25, -0.2) is 0 Å². The highest BCUT2D eigenvalue weighted by atomic mass is 19.4. The smallest absolute Gasteiger partial charge is 0.417 e. The lowest BCUT2D eigenvalue weighted by molar-refractivity contribution is -0.385. The molecule has 0 saturated carbocycles. The first-order chi connectivity index (χ1) is 8.18. The number of ketones is 1. The fourth-order valence-electron chi connectivity index (χ4n) is 1.45. The maximum Gasteiger partial charge on any atom is 0.417 e. The number of nitrogens with zero attached hydrogens (tertiary/aromatic N) is 1. The van der Waals surface area contributed by atoms with Crippen LogP contribution in [0.3, 0.4) is 0 Å². The second-order valence-electron chi connectivity index (χ2n) is 3.38. The molecule has 18 heavy (non-hydrogen) atoms. The largest absolute Gasteiger partial charge is 0.496 e. The number of rotatable bonds is 3. The van der Waals surface area contributed by atoms with E-state index < -0.39 is 39.4 Å². The second kappa shape index (κ2) is 4.63. The first-order valence-electron chi connectivity index (χ1n) is 4.63. The van der Waals surface area contributed by atoms with Gasteiger partial charge in [0.05, 0.1) is 29.2 Å². The van der Waals surface area contributed by atoms with Crippen LogP contribution in [0, 0.1) is 10.1 Å². The Bertz CT molecular complexity index is 511. The van der Waals surface area contributed by atoms with Crippen molar-refractivity contribution in [3.8, 4) is 5.75 Å². The van der Waals surface area contributed by atoms with Crippen LogP contribution in [-0.2, 0) is 6.18 Å². The molecule has 98 valence electrons. The molecule has 0 amide bonds. The minimum atomic E-state index is -4.87. The summed E-state index contributed by atoms with van der Waals surface area (Å²) in [6, 6.07) is 1.10. The lowest BCUT2D eigenvalue weighted by Crippen LogP contribution is -2.13. The van der Waals surface area contributed by atoms with Crippen LogP contribution in [0.5, 0.6) is 5.75 Å². The average Bonchev–Trinajstić information content (AvgIpc) is 2.25. The molecule has 0 aliphatic heterocycles. The highest BCUT2D eigenvalue weighted by Crippen LogP contribution is 2.39. The van der Waals surface area contributed by atoms with E-state index in [1.165, 1.54) is 0 Å². The minimum absolute atomic E-state index is 0.319. The SMILES string of the molecule is COc1cc([N+](=O)[O-])cc(C(F)(F)F)c1C(C)=O. The summed E-state index contributed by atoms with van der Waals surface area (Å²) in [5, 5.41) is 10.5. The Labute approximate surface area is 99.3 Å². The molecule has 0 aliphatic carbocycles. The third kappa shape index (κ3) is 2.58. The number of benzene rings is 1. The van der Waals surface area contributed by atoms with E-state index in [2.05, 4.69) is 4.74 Å². The van der Waals surface area contributed by atoms with Crippen LogP contribution in [0.2, 0.25) is 0 Å². The first-order valence-corrected chi connectivity index (χ1v) is 4.63. The topological polar surface area (TPSA) is 69.4 Å². The summed E-state index contributed by atoms with van der Waals surface area (Å²) < 4.78 is 42.8. The summed E-state index contributed by atoms with van der Waals surface area (Å²) in [6.07, 6.45) is -4.87. The summed E-state index contributed by atoms with van der Waals surface area (Å²) in [5.41, 5.74) is -2.87. The summed E-state index contributed by atoms with van der Waals surface area (Å²) >= 11 is 0. The number of halogens is 3. The van der Waals surface area contributed by atoms with Gasteiger partial charge in [0, 0.05) is 6.07 Å². The van der Waals surface area contributed by atoms with E-state index >= 15 is 0 Å². The zero-order valence-electron chi connectivity index (χ0n) is 9.37. The van der Waals surface area contributed by atoms with Crippen molar-refractivity contribution in [2.24, 2.45) is 0 Å². The van der Waals surface area contributed by atoms with Crippen molar-refractivity contribution < 1.29 is 27.6 Å². The predicted molar refractivity (Wildman–Crippen MR) is 54.7 cm³/mol. The van der Waals surface area contributed by atoms with Gasteiger partial charge in [-0.3, -0.25) is 14.9 Å². The zero-order valence-corrected chi connectivity index (χ0v) is 9.37. The molecule has 0 spiro atoms. The Balaban J connectivity index is 3.68. The van der Waals surface area contributed by atoms with Gasteiger partial charge in [0.2, 0.25) is 0 Å². The van der Waals surface area contributed by atoms with Crippen LogP contribution in [0.1, 0.15) is 22.8 Å². The molecule has 0 fully saturated rings. The number of carbonyl (C=O) groups is 1. The molecule has 1 aromatic rings. The molecule has 0 heterocycles. The third-order valence-corrected chi connectivity index (χ3v) is 2.18. The van der Waals surface area contributed by atoms with Gasteiger partial charge in [0.15, 0.2) is 5.78 Å². The normalized spacial score (nSPS) is 11.2. The van der Waals surface area contributed by atoms with Gasteiger partial charge in [-0.05, 0) is 6.92 Å². The van der Waals surface area contributed by atoms with Gasteiger partial charge in [-0.1, -0.05) is 0 Å². The van der Waals surface area contributed by atoms with Crippen LogP contribution in [0.25, 0.3) is 0 Å². The number of ether oxygens (including phenoxy) is 1. The van der Waals surface area contributed by atoms with Crippen LogP contribution < -0.4 is 4.74 Å². The van der Waals surface area contributed by atoms with Gasteiger partial charge in [0.1, 0.15) is 5.75 Å². The van der Waals surface area contributed by atoms with Gasteiger partial charge in [0.25, 0.3) is 5.69 Å². The standard InChI is InChI=1S/C10H8F3NO4/c1-5(15)9-7(10(11,12)13)3-6(14(16)17)4-8(9)18-2/h3-4H,1-2H3. The van der Waals surface area contributed by atoms with Crippen molar-refractivity contribution >= 4 is 11.5 Å². The Morgan fingerprint density at radius 3 is 2.28 bits per heavy atom. The van der Waals surface area contributed by atoms with E-state index in [0.29, 0.717) is 6.07 Å². The highest BCUT2D eigenvalue weighted by Gasteiger charge is 2.38. The fraction of sp³-hybridized carbons (Fsp3) is 0.300. The first kappa shape index (κ1) is 13.9. The summed E-state index contributed by atoms with van der Waals surface area (Å²) in [7, 11) is 1.03. The molecule has 1 aromatic carbocycles. The summed E-state index contributed by atoms with van der Waals surface area (Å²) in [5.74, 6) is -1.35. The van der Waals surface area contributed by atoms with Gasteiger partial charge in [-0.15, -0.1) is 0 Å². The van der Waals surface area contributed by atoms with Gasteiger partial charge in [-0.2, -0.15) is 13.2 Å². The van der Waals surface area contributed by atoms with Crippen LogP contribution >= 0.6 is 0 Å². The van der Waals surface area contributed by atoms with E-state index in [-0.39, 0.29) is 0 Å². The third-order valence-electron chi connectivity index (χ3n) is 2.18. The molecule has 0 saturated heterocycles. The maximum absolute atomic E-state index is 12.7. The van der Waals surface area contributed by atoms with E-state index in [1.54, 1.807) is 0 Å². The van der Waals surface area contributed by atoms with E-state index in [1.807, 2.05) is 0 Å². The molecular weight excluding hydrogens is 255 g/mol. The van der Waals surface area contributed by atoms with Crippen molar-refractivity contribution in [3.63, 3.8) is 0 Å². The number of non-ortho nitro benzene ring substituents is 1. The van der Waals surface area contributed by atoms with E-state index in [9.17, 15) is 28.1 Å². The molecule has 1 rings (SSSR count). The molecule has 0 radical (unpaired) electrons. The van der Waals surface area contributed by atoms with Gasteiger partial charge < -0.3 is 4.74 Å². The van der Waals surface area contributed by atoms with Crippen molar-refractivity contribution in [2.45, 2.75) is 13.1 Å². The maximum atomic E-state index is 12.7. The number of nitro groups is 1. The molecule has 0 aliphatic rings. The quantitative estimate of drug-likeness (QED) is 0.477. The van der Waals surface area contributed by atoms with Crippen LogP contribution in [-0.4, -0.2) is 17.8 Å². The number of carbonyl (C=O) groups excluding carboxylic acids is 1. The summed E-state index contributed by atoms with van der Waals surface area (Å²) in [6.45, 7) is 0.929. The Hall–Kier alpha value is -2.12. The fourth-order valence-corrected chi connectivity index (χ4v) is 1.45. The number of hydrogen-bond acceptors (Lipinski definition) is 4. The highest BCUT2D eigenvalue weighted by molar-refractivity contribution is 5.99. The predicted octanol–water partition coefficient (Wildman–Crippen LogP) is 2.82. The Morgan fingerprint density at radius 2 is 1.94 bits per heavy atom. The van der Waals surface area contributed by atoms with Crippen LogP contribution in [0.15, 0.2) is 12.1 Å². The molecule has 0 aromatic heterocycles. The summed E-state index contributed by atoms with van der Waals surface area (Å²) in [4.78, 5) is 20.8. The number of methoxy groups -OCH3 is 1. The number of hydrogen-bond donors (Lipinski definition) is 0. The molecular formula is C10H8F3NO4. The average molecular weight is 263 g/mol. The van der Waals surface area contributed by atoms with E-state index in [0.717, 1.165) is 20.1 Å². The zero-order chi connectivity index (χ0) is 14.1. The molecule has 0 N–H and O–H groups in total. The lowest BCUT2D eigenvalue weighted by Gasteiger charge is -2.14. The van der Waals surface area contributed by atoms with Crippen molar-refractivity contribution in [1.82, 2.24) is 0 Å². The molecule has 0 unspecified atom stereocenters. The van der Waals surface area contributed by atoms with Crippen molar-refractivity contribution in [2.75, 3.05) is 7.11 Å². The number of nitro benzene ring substituents is 1. The molecule has 0 atom stereocenters. The van der Waals surface area contributed by atoms with Crippen molar-refractivity contribution in [1.29, 1.82) is 0 Å². The van der Waals surface area contributed by atoms with Crippen molar-refractivity contribution in [3.05, 3.63) is 33.4 Å². The monoisotopic (exact) mass is 263 g/mol. The van der Waals surface area contributed by atoms with E-state index in [4.69, 9.17) is 0 Å². The lowest BCUT2D eigenvalue weighted by atomic mass is 10.0. The molecule has 8 heteroatoms. The Morgan fingerprint density at radius 1 is 1.39 bits per heavy atom. The molecule has 5 nitrogen and oxygen atoms in total. The van der Waals surface area contributed by atoms with Crippen LogP contribution in [0.4, 0.5) is 18.9 Å². The van der Waals surface area contributed by atoms with Gasteiger partial charge >= 0.3 is 6.18 Å². The Kier molecular flexibility index (Phi) is 3.59. The molecule has 0 bridgehead atoms. The second-order valence-corrected chi connectivity index (χ2v) is 3.38. The minimum Gasteiger partial charge on any atom is -0.496 e. The number of Topliss-reactive ketones (excluding diaryl/α,β-unsaturated/α-hetero) is 1. The number of alkyl halides is 3.